The van der Waals surface area contributed by atoms with Crippen molar-refractivity contribution in [3.8, 4) is 0 Å². The van der Waals surface area contributed by atoms with E-state index in [1.54, 1.807) is 5.38 Å². The van der Waals surface area contributed by atoms with Crippen LogP contribution in [0.15, 0.2) is 21.8 Å². The van der Waals surface area contributed by atoms with Gasteiger partial charge in [-0.05, 0) is 0 Å². The lowest BCUT2D eigenvalue weighted by atomic mass is 10.0. The molecule has 2 atom stereocenters. The summed E-state index contributed by atoms with van der Waals surface area (Å²) in [5.74, 6) is -2.01. The number of thiazole rings is 1. The zero-order valence-electron chi connectivity index (χ0n) is 17.8. The molecule has 0 aliphatic carbocycles. The Bertz CT molecular complexity index is 990. The highest BCUT2D eigenvalue weighted by atomic mass is 32.2. The average Bonchev–Trinajstić information content (AvgIpc) is 3.14. The number of fused-ring (bicyclic) bond motifs is 1. The molecule has 0 aromatic carbocycles. The van der Waals surface area contributed by atoms with Crippen LogP contribution in [0.25, 0.3) is 0 Å². The number of thioether (sulfide) groups is 1. The molecule has 1 saturated heterocycles. The number of anilines is 1. The van der Waals surface area contributed by atoms with E-state index in [4.69, 9.17) is 10.6 Å². The number of aromatic nitrogens is 1. The Kier molecular flexibility index (Phi) is 7.07. The molecule has 2 aliphatic heterocycles. The number of nitrogens with two attached hydrogens (primary N) is 1. The van der Waals surface area contributed by atoms with Crippen molar-refractivity contribution in [1.29, 1.82) is 0 Å². The van der Waals surface area contributed by atoms with E-state index in [9.17, 15) is 24.6 Å². The molecule has 1 fully saturated rings. The fraction of sp³-hybridized carbons (Fsp3) is 0.500. The summed E-state index contributed by atoms with van der Waals surface area (Å²) in [7, 11) is 5.03. The van der Waals surface area contributed by atoms with Crippen LogP contribution in [-0.4, -0.2) is 106 Å². The second-order valence-corrected chi connectivity index (χ2v) is 9.85. The highest BCUT2D eigenvalue weighted by Crippen LogP contribution is 2.40. The summed E-state index contributed by atoms with van der Waals surface area (Å²) in [5.41, 5.74) is 6.24. The number of oxime groups is 1. The first-order valence-corrected chi connectivity index (χ1v) is 11.5. The van der Waals surface area contributed by atoms with Crippen LogP contribution in [0.3, 0.4) is 0 Å². The van der Waals surface area contributed by atoms with Crippen molar-refractivity contribution < 1.29 is 33.9 Å². The first kappa shape index (κ1) is 24.0. The van der Waals surface area contributed by atoms with Gasteiger partial charge in [0.2, 0.25) is 0 Å². The van der Waals surface area contributed by atoms with Crippen LogP contribution in [0.4, 0.5) is 5.13 Å². The number of aliphatic carboxylic acids is 1. The van der Waals surface area contributed by atoms with Gasteiger partial charge in [0.05, 0.1) is 20.7 Å². The van der Waals surface area contributed by atoms with E-state index in [0.717, 1.165) is 11.3 Å². The van der Waals surface area contributed by atoms with E-state index in [0.29, 0.717) is 28.9 Å². The van der Waals surface area contributed by atoms with Gasteiger partial charge in [0.15, 0.2) is 10.8 Å². The number of β-lactam (4-membered cyclic amide) rings is 1. The zero-order valence-corrected chi connectivity index (χ0v) is 19.4. The largest absolute Gasteiger partial charge is 0.477 e. The normalized spacial score (nSPS) is 21.2. The fourth-order valence-electron chi connectivity index (χ4n) is 3.57. The number of carboxylic acid groups (broad SMARTS) is 1. The second-order valence-electron chi connectivity index (χ2n) is 7.85. The number of quaternary nitrogens is 1. The molecule has 3 heterocycles. The van der Waals surface area contributed by atoms with Crippen molar-refractivity contribution >= 4 is 51.7 Å². The lowest BCUT2D eigenvalue weighted by Gasteiger charge is -2.49. The van der Waals surface area contributed by atoms with E-state index in [1.165, 1.54) is 23.8 Å². The number of aliphatic hydroxyl groups excluding tert-OH is 1. The van der Waals surface area contributed by atoms with E-state index in [-0.39, 0.29) is 28.8 Å². The third kappa shape index (κ3) is 4.72. The molecule has 5 N–H and O–H groups in total. The third-order valence-electron chi connectivity index (χ3n) is 5.02. The maximum Gasteiger partial charge on any atom is 0.352 e. The van der Waals surface area contributed by atoms with Crippen LogP contribution in [0.5, 0.6) is 0 Å². The molecule has 1 aromatic heterocycles. The van der Waals surface area contributed by atoms with Crippen molar-refractivity contribution in [2.24, 2.45) is 5.16 Å². The molecular weight excluding hydrogens is 460 g/mol. The number of rotatable bonds is 9. The van der Waals surface area contributed by atoms with Crippen LogP contribution in [0.1, 0.15) is 5.69 Å². The molecule has 14 heteroatoms. The number of aliphatic hydroxyl groups is 1. The minimum Gasteiger partial charge on any atom is -0.477 e. The van der Waals surface area contributed by atoms with Crippen LogP contribution in [0, 0.1) is 0 Å². The van der Waals surface area contributed by atoms with Crippen molar-refractivity contribution in [1.82, 2.24) is 15.2 Å². The minimum atomic E-state index is -1.20. The summed E-state index contributed by atoms with van der Waals surface area (Å²) in [6.45, 7) is 0.781. The van der Waals surface area contributed by atoms with Crippen molar-refractivity contribution in [2.75, 3.05) is 52.4 Å². The Hall–Kier alpha value is -2.68. The molecule has 0 saturated carbocycles. The molecule has 3 rings (SSSR count). The Balaban J connectivity index is 1.79. The van der Waals surface area contributed by atoms with Gasteiger partial charge in [0.1, 0.15) is 43.0 Å². The van der Waals surface area contributed by atoms with Crippen LogP contribution >= 0.6 is 23.1 Å². The molecular formula is C18H25N6O6S2+. The molecule has 32 heavy (non-hydrogen) atoms. The van der Waals surface area contributed by atoms with Gasteiger partial charge in [-0.25, -0.2) is 9.78 Å². The van der Waals surface area contributed by atoms with Crippen molar-refractivity contribution in [2.45, 2.75) is 11.4 Å². The number of amides is 2. The van der Waals surface area contributed by atoms with Gasteiger partial charge in [0.25, 0.3) is 11.8 Å². The number of likely N-dealkylation sites (N-methyl/N-ethyl adjacent to an activating group) is 1. The molecule has 2 aliphatic rings. The molecule has 0 bridgehead atoms. The molecule has 1 aromatic rings. The van der Waals surface area contributed by atoms with E-state index in [2.05, 4.69) is 15.5 Å². The quantitative estimate of drug-likeness (QED) is 0.147. The predicted molar refractivity (Wildman–Crippen MR) is 119 cm³/mol. The van der Waals surface area contributed by atoms with Crippen LogP contribution < -0.4 is 11.1 Å². The summed E-state index contributed by atoms with van der Waals surface area (Å²) in [4.78, 5) is 47.6. The smallest absolute Gasteiger partial charge is 0.352 e. The number of carbonyl (C=O) groups excluding carboxylic acids is 2. The number of nitrogens with one attached hydrogen (secondary N) is 1. The number of carboxylic acids is 1. The molecule has 2 amide bonds. The second kappa shape index (κ2) is 9.44. The number of hydrogen-bond acceptors (Lipinski definition) is 10. The van der Waals surface area contributed by atoms with Crippen LogP contribution in [0.2, 0.25) is 0 Å². The summed E-state index contributed by atoms with van der Waals surface area (Å²) in [6, 6.07) is -0.915. The highest BCUT2D eigenvalue weighted by molar-refractivity contribution is 8.00. The average molecular weight is 486 g/mol. The molecule has 174 valence electrons. The monoisotopic (exact) mass is 485 g/mol. The summed E-state index contributed by atoms with van der Waals surface area (Å²) >= 11 is 2.50. The molecule has 2 unspecified atom stereocenters. The van der Waals surface area contributed by atoms with Crippen LogP contribution in [-0.2, 0) is 19.2 Å². The van der Waals surface area contributed by atoms with Crippen molar-refractivity contribution in [3.63, 3.8) is 0 Å². The van der Waals surface area contributed by atoms with Gasteiger partial charge in [0, 0.05) is 16.7 Å². The van der Waals surface area contributed by atoms with Gasteiger partial charge >= 0.3 is 5.97 Å². The minimum absolute atomic E-state index is 0.0365. The molecule has 0 spiro atoms. The maximum atomic E-state index is 12.9. The zero-order chi connectivity index (χ0) is 23.6. The lowest BCUT2D eigenvalue weighted by Crippen LogP contribution is -2.71. The number of nitrogen functional groups attached to an aromatic ring is 1. The SMILES string of the molecule is CO/N=C(\C(=O)NC1C(=O)N2C(C(=O)O)=C(C[N+](C)(C)CCO)CSC12)c1csc(N)n1. The molecule has 0 radical (unpaired) electrons. The lowest BCUT2D eigenvalue weighted by molar-refractivity contribution is -0.885. The van der Waals surface area contributed by atoms with Gasteiger partial charge in [-0.1, -0.05) is 5.16 Å². The van der Waals surface area contributed by atoms with Gasteiger partial charge in [-0.3, -0.25) is 14.5 Å². The Morgan fingerprint density at radius 1 is 1.47 bits per heavy atom. The summed E-state index contributed by atoms with van der Waals surface area (Å²) in [6.07, 6.45) is 0. The first-order valence-electron chi connectivity index (χ1n) is 9.56. The van der Waals surface area contributed by atoms with Gasteiger partial charge < -0.3 is 30.6 Å². The van der Waals surface area contributed by atoms with E-state index >= 15 is 0 Å². The third-order valence-corrected chi connectivity index (χ3v) is 7.04. The number of hydrogen-bond donors (Lipinski definition) is 4. The van der Waals surface area contributed by atoms with E-state index < -0.39 is 29.2 Å². The highest BCUT2D eigenvalue weighted by Gasteiger charge is 2.55. The van der Waals surface area contributed by atoms with Crippen molar-refractivity contribution in [3.05, 3.63) is 22.3 Å². The number of nitrogens with zero attached hydrogens (tertiary/aromatic N) is 4. The van der Waals surface area contributed by atoms with Gasteiger partial charge in [-0.15, -0.1) is 23.1 Å². The standard InChI is InChI=1S/C18H24N6O6S2/c1-24(2,4-5-25)6-9-7-31-16-12(15(27)23(16)13(9)17(28)29)21-14(26)11(22-30-3)10-8-32-18(19)20-10/h8,12,16,25H,4-7H2,1-3H3,(H3-,19,20,21,26,28,29)/p+1/b22-11-. The van der Waals surface area contributed by atoms with Gasteiger partial charge in [-0.2, -0.15) is 0 Å². The Morgan fingerprint density at radius 3 is 2.75 bits per heavy atom. The van der Waals surface area contributed by atoms with E-state index in [1.807, 2.05) is 14.1 Å². The maximum absolute atomic E-state index is 12.9. The Morgan fingerprint density at radius 2 is 2.19 bits per heavy atom. The fourth-order valence-corrected chi connectivity index (χ4v) is 5.46. The molecule has 12 nitrogen and oxygen atoms in total. The summed E-state index contributed by atoms with van der Waals surface area (Å²) < 4.78 is 0.379. The predicted octanol–water partition coefficient (Wildman–Crippen LogP) is -1.12. The number of carbonyl (C=O) groups is 3. The first-order chi connectivity index (χ1) is 15.1. The topological polar surface area (TPSA) is 167 Å². The summed E-state index contributed by atoms with van der Waals surface area (Å²) in [5, 5.41) is 26.6. The Labute approximate surface area is 192 Å².